The molecule has 1 heterocycles. The Morgan fingerprint density at radius 2 is 1.72 bits per heavy atom. The number of aromatic nitrogens is 1. The Kier molecular flexibility index (Phi) is 7.09. The molecule has 1 atom stereocenters. The van der Waals surface area contributed by atoms with E-state index < -0.39 is 22.0 Å². The number of hydrogen-bond acceptors (Lipinski definition) is 4. The molecule has 7 heteroatoms. The van der Waals surface area contributed by atoms with Gasteiger partial charge in [-0.3, -0.25) is 9.78 Å². The topological polar surface area (TPSA) is 96.4 Å². The molecule has 0 aliphatic rings. The summed E-state index contributed by atoms with van der Waals surface area (Å²) < 4.78 is 26.7. The predicted molar refractivity (Wildman–Crippen MR) is 95.4 cm³/mol. The van der Waals surface area contributed by atoms with Crippen LogP contribution in [-0.4, -0.2) is 30.5 Å². The summed E-state index contributed by atoms with van der Waals surface area (Å²) in [7, 11) is -3.71. The maximum Gasteiger partial charge on any atom is 0.321 e. The first-order valence-corrected chi connectivity index (χ1v) is 9.77. The van der Waals surface area contributed by atoms with Crippen molar-refractivity contribution in [2.75, 3.05) is 0 Å². The molecule has 1 aromatic carbocycles. The highest BCUT2D eigenvalue weighted by molar-refractivity contribution is 7.88. The highest BCUT2D eigenvalue weighted by atomic mass is 32.2. The molecule has 1 unspecified atom stereocenters. The molecule has 0 radical (unpaired) electrons. The molecule has 6 nitrogen and oxygen atoms in total. The third-order valence-corrected chi connectivity index (χ3v) is 5.13. The lowest BCUT2D eigenvalue weighted by molar-refractivity contribution is -0.139. The summed E-state index contributed by atoms with van der Waals surface area (Å²) in [6.45, 7) is 0. The Balaban J connectivity index is 1.84. The second-order valence-electron chi connectivity index (χ2n) is 5.85. The summed E-state index contributed by atoms with van der Waals surface area (Å²) in [5.41, 5.74) is 1.75. The molecule has 134 valence electrons. The lowest BCUT2D eigenvalue weighted by atomic mass is 10.1. The van der Waals surface area contributed by atoms with Crippen LogP contribution in [0.4, 0.5) is 0 Å². The number of nitrogens with zero attached hydrogens (tertiary/aromatic N) is 1. The molecule has 2 N–H and O–H groups in total. The molecule has 0 spiro atoms. The average Bonchev–Trinajstić information content (AvgIpc) is 2.59. The highest BCUT2D eigenvalue weighted by Gasteiger charge is 2.23. The van der Waals surface area contributed by atoms with Gasteiger partial charge in [0.25, 0.3) is 0 Å². The molecule has 1 aromatic heterocycles. The summed E-state index contributed by atoms with van der Waals surface area (Å²) >= 11 is 0. The van der Waals surface area contributed by atoms with Gasteiger partial charge in [-0.15, -0.1) is 0 Å². The van der Waals surface area contributed by atoms with Crippen LogP contribution in [-0.2, 0) is 27.0 Å². The van der Waals surface area contributed by atoms with Gasteiger partial charge < -0.3 is 5.11 Å². The molecule has 0 saturated heterocycles. The Bertz CT molecular complexity index is 764. The SMILES string of the molecule is O=C(O)C(CCCCc1ccncc1)NS(=O)(=O)Cc1ccccc1. The molecule has 0 fully saturated rings. The second-order valence-corrected chi connectivity index (χ2v) is 7.61. The first kappa shape index (κ1) is 19.1. The first-order valence-electron chi connectivity index (χ1n) is 8.12. The van der Waals surface area contributed by atoms with Gasteiger partial charge in [0, 0.05) is 12.4 Å². The van der Waals surface area contributed by atoms with E-state index in [1.807, 2.05) is 12.1 Å². The van der Waals surface area contributed by atoms with Gasteiger partial charge in [0.05, 0.1) is 5.75 Å². The normalized spacial score (nSPS) is 12.6. The van der Waals surface area contributed by atoms with Gasteiger partial charge in [-0.05, 0) is 42.5 Å². The van der Waals surface area contributed by atoms with Crippen LogP contribution in [0.2, 0.25) is 0 Å². The van der Waals surface area contributed by atoms with Crippen molar-refractivity contribution < 1.29 is 18.3 Å². The number of hydrogen-bond donors (Lipinski definition) is 2. The molecule has 0 aliphatic heterocycles. The summed E-state index contributed by atoms with van der Waals surface area (Å²) in [5.74, 6) is -1.38. The lowest BCUT2D eigenvalue weighted by Gasteiger charge is -2.15. The van der Waals surface area contributed by atoms with Crippen molar-refractivity contribution in [2.45, 2.75) is 37.5 Å². The van der Waals surface area contributed by atoms with E-state index >= 15 is 0 Å². The van der Waals surface area contributed by atoms with E-state index in [1.165, 1.54) is 0 Å². The molecule has 0 bridgehead atoms. The van der Waals surface area contributed by atoms with Crippen molar-refractivity contribution in [2.24, 2.45) is 0 Å². The summed E-state index contributed by atoms with van der Waals surface area (Å²) in [6.07, 6.45) is 5.90. The Labute approximate surface area is 148 Å². The summed E-state index contributed by atoms with van der Waals surface area (Å²) in [5, 5.41) is 9.28. The van der Waals surface area contributed by atoms with Crippen molar-refractivity contribution >= 4 is 16.0 Å². The molecule has 0 amide bonds. The minimum atomic E-state index is -3.71. The Morgan fingerprint density at radius 1 is 1.04 bits per heavy atom. The molecular formula is C18H22N2O4S. The van der Waals surface area contributed by atoms with Gasteiger partial charge >= 0.3 is 5.97 Å². The maximum atomic E-state index is 12.2. The van der Waals surface area contributed by atoms with E-state index in [9.17, 15) is 18.3 Å². The van der Waals surface area contributed by atoms with Gasteiger partial charge in [-0.2, -0.15) is 0 Å². The lowest BCUT2D eigenvalue weighted by Crippen LogP contribution is -2.41. The number of sulfonamides is 1. The quantitative estimate of drug-likeness (QED) is 0.633. The standard InChI is InChI=1S/C18H22N2O4S/c21-18(22)17(9-5-4-6-15-10-12-19-13-11-15)20-25(23,24)14-16-7-2-1-3-8-16/h1-3,7-8,10-13,17,20H,4-6,9,14H2,(H,21,22). The Hall–Kier alpha value is -2.25. The zero-order chi connectivity index (χ0) is 18.1. The van der Waals surface area contributed by atoms with Crippen LogP contribution < -0.4 is 4.72 Å². The van der Waals surface area contributed by atoms with Crippen molar-refractivity contribution in [1.29, 1.82) is 0 Å². The zero-order valence-corrected chi connectivity index (χ0v) is 14.7. The number of aliphatic carboxylic acids is 1. The number of rotatable bonds is 10. The number of aryl methyl sites for hydroxylation is 1. The number of carbonyl (C=O) groups is 1. The van der Waals surface area contributed by atoms with Gasteiger partial charge in [0.15, 0.2) is 0 Å². The number of pyridine rings is 1. The van der Waals surface area contributed by atoms with E-state index in [4.69, 9.17) is 0 Å². The smallest absolute Gasteiger partial charge is 0.321 e. The van der Waals surface area contributed by atoms with Crippen LogP contribution in [0, 0.1) is 0 Å². The number of nitrogens with one attached hydrogen (secondary N) is 1. The van der Waals surface area contributed by atoms with E-state index in [-0.39, 0.29) is 12.2 Å². The number of unbranched alkanes of at least 4 members (excludes halogenated alkanes) is 1. The summed E-state index contributed by atoms with van der Waals surface area (Å²) in [6, 6.07) is 11.4. The van der Waals surface area contributed by atoms with E-state index in [1.54, 1.807) is 42.7 Å². The van der Waals surface area contributed by atoms with Crippen molar-refractivity contribution in [3.63, 3.8) is 0 Å². The second kappa shape index (κ2) is 9.29. The van der Waals surface area contributed by atoms with Crippen LogP contribution >= 0.6 is 0 Å². The maximum absolute atomic E-state index is 12.2. The van der Waals surface area contributed by atoms with Gasteiger partial charge in [-0.25, -0.2) is 13.1 Å². The van der Waals surface area contributed by atoms with Crippen LogP contribution in [0.1, 0.15) is 30.4 Å². The Morgan fingerprint density at radius 3 is 2.36 bits per heavy atom. The van der Waals surface area contributed by atoms with Gasteiger partial charge in [0.1, 0.15) is 6.04 Å². The highest BCUT2D eigenvalue weighted by Crippen LogP contribution is 2.10. The largest absolute Gasteiger partial charge is 0.480 e. The van der Waals surface area contributed by atoms with E-state index in [0.29, 0.717) is 12.0 Å². The number of benzene rings is 1. The van der Waals surface area contributed by atoms with Crippen LogP contribution in [0.15, 0.2) is 54.9 Å². The first-order chi connectivity index (χ1) is 12.0. The summed E-state index contributed by atoms with van der Waals surface area (Å²) in [4.78, 5) is 15.3. The van der Waals surface area contributed by atoms with Crippen LogP contribution in [0.3, 0.4) is 0 Å². The molecule has 25 heavy (non-hydrogen) atoms. The molecule has 0 saturated carbocycles. The number of carboxylic acids is 1. The fourth-order valence-electron chi connectivity index (χ4n) is 2.51. The minimum absolute atomic E-state index is 0.228. The van der Waals surface area contributed by atoms with E-state index in [2.05, 4.69) is 9.71 Å². The molecule has 2 rings (SSSR count). The van der Waals surface area contributed by atoms with Crippen LogP contribution in [0.5, 0.6) is 0 Å². The fraction of sp³-hybridized carbons (Fsp3) is 0.333. The zero-order valence-electron chi connectivity index (χ0n) is 13.8. The average molecular weight is 362 g/mol. The molecular weight excluding hydrogens is 340 g/mol. The molecule has 0 aliphatic carbocycles. The van der Waals surface area contributed by atoms with Gasteiger partial charge in [-0.1, -0.05) is 36.8 Å². The third kappa shape index (κ3) is 7.03. The fourth-order valence-corrected chi connectivity index (χ4v) is 3.88. The minimum Gasteiger partial charge on any atom is -0.480 e. The van der Waals surface area contributed by atoms with Crippen molar-refractivity contribution in [3.05, 3.63) is 66.0 Å². The van der Waals surface area contributed by atoms with Gasteiger partial charge in [0.2, 0.25) is 10.0 Å². The predicted octanol–water partition coefficient (Wildman–Crippen LogP) is 2.37. The van der Waals surface area contributed by atoms with Crippen molar-refractivity contribution in [3.8, 4) is 0 Å². The number of carboxylic acid groups (broad SMARTS) is 1. The monoisotopic (exact) mass is 362 g/mol. The third-order valence-electron chi connectivity index (χ3n) is 3.78. The van der Waals surface area contributed by atoms with E-state index in [0.717, 1.165) is 18.4 Å². The van der Waals surface area contributed by atoms with Crippen LogP contribution in [0.25, 0.3) is 0 Å². The van der Waals surface area contributed by atoms with Crippen molar-refractivity contribution in [1.82, 2.24) is 9.71 Å². The molecule has 2 aromatic rings.